The van der Waals surface area contributed by atoms with Crippen LogP contribution in [0.25, 0.3) is 11.8 Å². The van der Waals surface area contributed by atoms with Crippen molar-refractivity contribution in [2.24, 2.45) is 0 Å². The minimum atomic E-state index is -1.16. The average Bonchev–Trinajstić information content (AvgIpc) is 3.30. The van der Waals surface area contributed by atoms with E-state index in [1.165, 1.54) is 12.1 Å². The number of carbonyl (C=O) groups is 2. The van der Waals surface area contributed by atoms with Gasteiger partial charge >= 0.3 is 5.97 Å². The number of carbonyl (C=O) groups excluding carboxylic acids is 1. The number of allylic oxidation sites excluding steroid dienone is 1. The maximum absolute atomic E-state index is 12.2. The van der Waals surface area contributed by atoms with Crippen LogP contribution in [0.5, 0.6) is 0 Å². The van der Waals surface area contributed by atoms with Crippen LogP contribution in [0.2, 0.25) is 0 Å². The van der Waals surface area contributed by atoms with Gasteiger partial charge in [-0.2, -0.15) is 5.48 Å². The first-order valence-electron chi connectivity index (χ1n) is 8.36. The number of carboxylic acids is 1. The molecule has 2 aromatic rings. The number of aromatic carboxylic acids is 1. The monoisotopic (exact) mass is 455 g/mol. The molecule has 2 heterocycles. The van der Waals surface area contributed by atoms with Gasteiger partial charge < -0.3 is 15.4 Å². The quantitative estimate of drug-likeness (QED) is 0.483. The number of fused-ring (bicyclic) bond motifs is 1. The third-order valence-corrected chi connectivity index (χ3v) is 5.37. The molecule has 1 fully saturated rings. The third kappa shape index (κ3) is 3.68. The van der Waals surface area contributed by atoms with E-state index in [4.69, 9.17) is 33.8 Å². The van der Waals surface area contributed by atoms with Crippen LogP contribution < -0.4 is 11.2 Å². The highest BCUT2D eigenvalue weighted by Gasteiger charge is 2.34. The Morgan fingerprint density at radius 2 is 2.10 bits per heavy atom. The molecule has 1 aliphatic heterocycles. The molecule has 10 heteroatoms. The molecule has 1 atom stereocenters. The van der Waals surface area contributed by atoms with Crippen LogP contribution in [0.3, 0.4) is 0 Å². The lowest BCUT2D eigenvalue weighted by Crippen LogP contribution is -2.17. The number of aromatic nitrogens is 1. The molecular weight excluding hydrogens is 441 g/mol. The van der Waals surface area contributed by atoms with Crippen molar-refractivity contribution in [3.8, 4) is 0 Å². The maximum Gasteiger partial charge on any atom is 0.352 e. The fourth-order valence-corrected chi connectivity index (χ4v) is 3.96. The van der Waals surface area contributed by atoms with Crippen LogP contribution in [0.15, 0.2) is 40.9 Å². The van der Waals surface area contributed by atoms with Crippen molar-refractivity contribution in [3.63, 3.8) is 0 Å². The molecule has 0 spiro atoms. The molecule has 29 heavy (non-hydrogen) atoms. The molecule has 152 valence electrons. The summed E-state index contributed by atoms with van der Waals surface area (Å²) >= 11 is 12.3. The van der Waals surface area contributed by atoms with Crippen molar-refractivity contribution in [2.75, 3.05) is 18.9 Å². The topological polar surface area (TPSA) is 107 Å². The van der Waals surface area contributed by atoms with Crippen molar-refractivity contribution in [3.05, 3.63) is 63.5 Å². The first-order valence-corrected chi connectivity index (χ1v) is 9.17. The zero-order chi connectivity index (χ0) is 20.0. The Morgan fingerprint density at radius 3 is 2.72 bits per heavy atom. The lowest BCUT2D eigenvalue weighted by atomic mass is 10.0. The molecule has 4 rings (SSSR count). The van der Waals surface area contributed by atoms with Gasteiger partial charge in [0.15, 0.2) is 5.78 Å². The predicted molar refractivity (Wildman–Crippen MR) is 113 cm³/mol. The number of Topliss-reactive ketones (excluding diaryl/α,β-unsaturated/α-hetero) is 1. The Kier molecular flexibility index (Phi) is 6.07. The number of nitrogen functional groups attached to an aromatic ring is 1. The summed E-state index contributed by atoms with van der Waals surface area (Å²) in [4.78, 5) is 29.5. The zero-order valence-electron chi connectivity index (χ0n) is 14.8. The molecule has 7 nitrogen and oxygen atoms in total. The van der Waals surface area contributed by atoms with Crippen LogP contribution in [0.4, 0.5) is 5.69 Å². The highest BCUT2D eigenvalue weighted by molar-refractivity contribution is 6.50. The number of nitrogens with two attached hydrogens (primary N) is 1. The minimum Gasteiger partial charge on any atom is -0.477 e. The van der Waals surface area contributed by atoms with Gasteiger partial charge in [-0.05, 0) is 29.8 Å². The van der Waals surface area contributed by atoms with Crippen molar-refractivity contribution in [1.29, 1.82) is 0 Å². The van der Waals surface area contributed by atoms with Gasteiger partial charge in [-0.15, -0.1) is 24.0 Å². The molecule has 0 bridgehead atoms. The second-order valence-corrected chi connectivity index (χ2v) is 7.26. The zero-order valence-corrected chi connectivity index (χ0v) is 17.1. The van der Waals surface area contributed by atoms with Crippen LogP contribution >= 0.6 is 35.6 Å². The van der Waals surface area contributed by atoms with E-state index in [9.17, 15) is 14.7 Å². The van der Waals surface area contributed by atoms with Gasteiger partial charge in [-0.1, -0.05) is 23.7 Å². The highest BCUT2D eigenvalue weighted by atomic mass is 35.5. The molecule has 1 aromatic heterocycles. The molecule has 4 N–H and O–H groups in total. The molecule has 0 radical (unpaired) electrons. The fourth-order valence-electron chi connectivity index (χ4n) is 3.40. The van der Waals surface area contributed by atoms with Crippen LogP contribution in [-0.2, 0) is 9.63 Å². The molecule has 2 aliphatic rings. The smallest absolute Gasteiger partial charge is 0.352 e. The van der Waals surface area contributed by atoms with Gasteiger partial charge in [0.05, 0.1) is 23.0 Å². The van der Waals surface area contributed by atoms with E-state index in [0.29, 0.717) is 34.8 Å². The van der Waals surface area contributed by atoms with Crippen LogP contribution in [-0.4, -0.2) is 34.6 Å². The number of carboxylic acid groups (broad SMARTS) is 1. The molecule has 1 aliphatic carbocycles. The van der Waals surface area contributed by atoms with Gasteiger partial charge in [0.2, 0.25) is 0 Å². The molecule has 1 aromatic carbocycles. The van der Waals surface area contributed by atoms with Gasteiger partial charge in [0.25, 0.3) is 0 Å². The van der Waals surface area contributed by atoms with Crippen LogP contribution in [0.1, 0.15) is 32.7 Å². The first-order chi connectivity index (χ1) is 13.4. The number of benzene rings is 1. The SMILES string of the molecule is Cl.Nc1cccc(C(=C2CNOC2)n2c(C(=O)O)cc3c2C=C(Cl)C(=O)C3Cl)c1. The lowest BCUT2D eigenvalue weighted by molar-refractivity contribution is -0.114. The van der Waals surface area contributed by atoms with E-state index in [1.807, 2.05) is 6.07 Å². The van der Waals surface area contributed by atoms with Gasteiger partial charge in [0, 0.05) is 23.4 Å². The number of nitrogens with zero attached hydrogens (tertiary/aromatic N) is 1. The molecule has 0 amide bonds. The summed E-state index contributed by atoms with van der Waals surface area (Å²) in [5, 5.41) is 8.72. The van der Waals surface area contributed by atoms with E-state index < -0.39 is 17.1 Å². The maximum atomic E-state index is 12.2. The average molecular weight is 457 g/mol. The standard InChI is InChI=1S/C19H15Cl2N3O4.ClH/c20-13-6-14-12(16(21)18(13)25)5-15(19(26)27)24(14)17(10-7-23-28-8-10)9-2-1-3-11(22)4-9;/h1-6,16,23H,7-8,22H2,(H,26,27);1H. The lowest BCUT2D eigenvalue weighted by Gasteiger charge is -2.20. The van der Waals surface area contributed by atoms with Crippen molar-refractivity contribution >= 4 is 64.8 Å². The second kappa shape index (κ2) is 8.22. The van der Waals surface area contributed by atoms with E-state index in [2.05, 4.69) is 5.48 Å². The number of nitrogens with one attached hydrogen (secondary N) is 1. The summed E-state index contributed by atoms with van der Waals surface area (Å²) in [5.74, 6) is -1.63. The number of alkyl halides is 1. The van der Waals surface area contributed by atoms with Gasteiger partial charge in [-0.25, -0.2) is 4.79 Å². The summed E-state index contributed by atoms with van der Waals surface area (Å²) in [6.07, 6.45) is 1.45. The summed E-state index contributed by atoms with van der Waals surface area (Å²) in [5.41, 5.74) is 12.2. The van der Waals surface area contributed by atoms with E-state index in [0.717, 1.165) is 5.57 Å². The van der Waals surface area contributed by atoms with E-state index in [-0.39, 0.29) is 29.7 Å². The number of ketones is 1. The molecule has 0 saturated carbocycles. The first kappa shape index (κ1) is 21.4. The Morgan fingerprint density at radius 1 is 1.34 bits per heavy atom. The van der Waals surface area contributed by atoms with Crippen LogP contribution in [0, 0.1) is 0 Å². The summed E-state index contributed by atoms with van der Waals surface area (Å²) in [6.45, 7) is 0.660. The van der Waals surface area contributed by atoms with E-state index >= 15 is 0 Å². The Balaban J connectivity index is 0.00000240. The number of hydroxylamine groups is 1. The fraction of sp³-hybridized carbons (Fsp3) is 0.158. The third-order valence-electron chi connectivity index (χ3n) is 4.64. The number of hydrogen-bond donors (Lipinski definition) is 3. The van der Waals surface area contributed by atoms with Crippen molar-refractivity contribution in [2.45, 2.75) is 5.38 Å². The highest BCUT2D eigenvalue weighted by Crippen LogP contribution is 2.40. The van der Waals surface area contributed by atoms with Gasteiger partial charge in [0.1, 0.15) is 11.1 Å². The molecular formula is C19H16Cl3N3O4. The Hall–Kier alpha value is -2.29. The van der Waals surface area contributed by atoms with Gasteiger partial charge in [-0.3, -0.25) is 9.63 Å². The second-order valence-electron chi connectivity index (χ2n) is 6.42. The number of halogens is 3. The Bertz CT molecular complexity index is 1070. The summed E-state index contributed by atoms with van der Waals surface area (Å²) < 4.78 is 1.54. The Labute approximate surface area is 182 Å². The molecule has 1 saturated heterocycles. The summed E-state index contributed by atoms with van der Waals surface area (Å²) in [7, 11) is 0. The number of hydrogen-bond acceptors (Lipinski definition) is 5. The minimum absolute atomic E-state index is 0. The summed E-state index contributed by atoms with van der Waals surface area (Å²) in [6, 6.07) is 8.50. The predicted octanol–water partition coefficient (Wildman–Crippen LogP) is 3.43. The number of anilines is 1. The normalized spacial score (nSPS) is 20.0. The van der Waals surface area contributed by atoms with Crippen molar-refractivity contribution in [1.82, 2.24) is 10.0 Å². The van der Waals surface area contributed by atoms with Crippen molar-refractivity contribution < 1.29 is 19.5 Å². The molecule has 1 unspecified atom stereocenters. The van der Waals surface area contributed by atoms with E-state index in [1.54, 1.807) is 22.8 Å². The number of rotatable bonds is 3. The largest absolute Gasteiger partial charge is 0.477 e.